The molecule has 3 heterocycles. The number of aromatic nitrogens is 1. The summed E-state index contributed by atoms with van der Waals surface area (Å²) in [6.45, 7) is 1.18. The number of hydrogen-bond donors (Lipinski definition) is 1. The number of nitrogens with zero attached hydrogens (tertiary/aromatic N) is 3. The Balaban J connectivity index is 1.45. The Morgan fingerprint density at radius 2 is 1.90 bits per heavy atom. The van der Waals surface area contributed by atoms with Crippen LogP contribution in [0.3, 0.4) is 0 Å². The predicted octanol–water partition coefficient (Wildman–Crippen LogP) is 2.25. The van der Waals surface area contributed by atoms with Gasteiger partial charge in [0, 0.05) is 37.9 Å². The summed E-state index contributed by atoms with van der Waals surface area (Å²) in [5.74, 6) is -0.565. The van der Waals surface area contributed by atoms with Crippen LogP contribution in [0.5, 0.6) is 0 Å². The van der Waals surface area contributed by atoms with E-state index in [1.54, 1.807) is 41.6 Å². The lowest BCUT2D eigenvalue weighted by molar-refractivity contribution is -0.121. The molecule has 2 fully saturated rings. The highest BCUT2D eigenvalue weighted by atomic mass is 32.2. The van der Waals surface area contributed by atoms with Crippen molar-refractivity contribution in [2.45, 2.75) is 30.6 Å². The van der Waals surface area contributed by atoms with Crippen molar-refractivity contribution < 1.29 is 18.0 Å². The molecule has 2 amide bonds. The zero-order chi connectivity index (χ0) is 21.1. The first-order valence-corrected chi connectivity index (χ1v) is 11.5. The van der Waals surface area contributed by atoms with Crippen molar-refractivity contribution in [3.63, 3.8) is 0 Å². The molecule has 0 spiro atoms. The maximum absolute atomic E-state index is 13.1. The van der Waals surface area contributed by atoms with Gasteiger partial charge in [-0.1, -0.05) is 0 Å². The third-order valence-corrected chi connectivity index (χ3v) is 7.42. The summed E-state index contributed by atoms with van der Waals surface area (Å²) in [7, 11) is -3.72. The maximum Gasteiger partial charge on any atom is 0.243 e. The lowest BCUT2D eigenvalue weighted by atomic mass is 9.99. The Bertz CT molecular complexity index is 1020. The van der Waals surface area contributed by atoms with E-state index < -0.39 is 15.9 Å². The van der Waals surface area contributed by atoms with E-state index >= 15 is 0 Å². The number of carbonyl (C=O) groups is 2. The summed E-state index contributed by atoms with van der Waals surface area (Å²) in [6, 6.07) is 9.89. The highest BCUT2D eigenvalue weighted by Crippen LogP contribution is 2.27. The standard InChI is InChI=1S/C21H24N4O4S/c26-20-6-3-13-25(20)18-7-9-19(10-8-18)30(28,29)24-12-2-4-16(15-24)21(27)23-17-5-1-11-22-14-17/h1,5,7-11,14,16H,2-4,6,12-13,15H2,(H,23,27)/t16-/m1/s1. The third kappa shape index (κ3) is 4.22. The van der Waals surface area contributed by atoms with Crippen molar-refractivity contribution in [2.75, 3.05) is 29.9 Å². The van der Waals surface area contributed by atoms with Gasteiger partial charge in [-0.25, -0.2) is 8.42 Å². The maximum atomic E-state index is 13.1. The van der Waals surface area contributed by atoms with Gasteiger partial charge in [-0.05, 0) is 55.7 Å². The van der Waals surface area contributed by atoms with Crippen molar-refractivity contribution in [2.24, 2.45) is 5.92 Å². The molecule has 0 unspecified atom stereocenters. The van der Waals surface area contributed by atoms with Crippen LogP contribution in [0.4, 0.5) is 11.4 Å². The van der Waals surface area contributed by atoms with Crippen molar-refractivity contribution in [3.8, 4) is 0 Å². The van der Waals surface area contributed by atoms with Crippen molar-refractivity contribution in [1.29, 1.82) is 0 Å². The second-order valence-corrected chi connectivity index (χ2v) is 9.51. The topological polar surface area (TPSA) is 99.7 Å². The second-order valence-electron chi connectivity index (χ2n) is 7.58. The van der Waals surface area contributed by atoms with Gasteiger partial charge in [0.2, 0.25) is 21.8 Å². The highest BCUT2D eigenvalue weighted by molar-refractivity contribution is 7.89. The van der Waals surface area contributed by atoms with E-state index in [0.29, 0.717) is 43.7 Å². The van der Waals surface area contributed by atoms with Crippen LogP contribution in [0.2, 0.25) is 0 Å². The molecule has 1 aromatic carbocycles. The number of amides is 2. The zero-order valence-electron chi connectivity index (χ0n) is 16.5. The van der Waals surface area contributed by atoms with Crippen LogP contribution >= 0.6 is 0 Å². The van der Waals surface area contributed by atoms with Crippen LogP contribution in [0.25, 0.3) is 0 Å². The van der Waals surface area contributed by atoms with Gasteiger partial charge in [-0.15, -0.1) is 0 Å². The molecule has 2 aromatic rings. The van der Waals surface area contributed by atoms with E-state index in [1.807, 2.05) is 0 Å². The summed E-state index contributed by atoms with van der Waals surface area (Å²) in [5.41, 5.74) is 1.30. The van der Waals surface area contributed by atoms with E-state index in [-0.39, 0.29) is 23.3 Å². The largest absolute Gasteiger partial charge is 0.324 e. The number of nitrogens with one attached hydrogen (secondary N) is 1. The van der Waals surface area contributed by atoms with Gasteiger partial charge in [0.05, 0.1) is 22.7 Å². The number of anilines is 2. The number of hydrogen-bond acceptors (Lipinski definition) is 5. The Hall–Kier alpha value is -2.78. The molecule has 158 valence electrons. The number of benzene rings is 1. The molecule has 8 nitrogen and oxygen atoms in total. The monoisotopic (exact) mass is 428 g/mol. The van der Waals surface area contributed by atoms with E-state index in [9.17, 15) is 18.0 Å². The summed E-state index contributed by atoms with van der Waals surface area (Å²) in [5, 5.41) is 2.81. The van der Waals surface area contributed by atoms with Crippen LogP contribution in [0.1, 0.15) is 25.7 Å². The molecule has 0 aliphatic carbocycles. The quantitative estimate of drug-likeness (QED) is 0.787. The molecule has 1 aromatic heterocycles. The summed E-state index contributed by atoms with van der Waals surface area (Å²) in [6.07, 6.45) is 5.77. The molecule has 2 saturated heterocycles. The summed E-state index contributed by atoms with van der Waals surface area (Å²) < 4.78 is 27.6. The first-order valence-electron chi connectivity index (χ1n) is 10.1. The average molecular weight is 429 g/mol. The van der Waals surface area contributed by atoms with E-state index in [2.05, 4.69) is 10.3 Å². The minimum Gasteiger partial charge on any atom is -0.324 e. The molecular formula is C21H24N4O4S. The smallest absolute Gasteiger partial charge is 0.243 e. The number of sulfonamides is 1. The molecule has 30 heavy (non-hydrogen) atoms. The van der Waals surface area contributed by atoms with Crippen LogP contribution < -0.4 is 10.2 Å². The number of piperidine rings is 1. The van der Waals surface area contributed by atoms with Crippen LogP contribution in [-0.2, 0) is 19.6 Å². The van der Waals surface area contributed by atoms with Crippen molar-refractivity contribution >= 4 is 33.2 Å². The van der Waals surface area contributed by atoms with E-state index in [4.69, 9.17) is 0 Å². The molecule has 0 radical (unpaired) electrons. The first kappa shape index (κ1) is 20.5. The van der Waals surface area contributed by atoms with Crippen LogP contribution in [0, 0.1) is 5.92 Å². The lowest BCUT2D eigenvalue weighted by Crippen LogP contribution is -2.43. The Kier molecular flexibility index (Phi) is 5.83. The molecule has 0 bridgehead atoms. The molecular weight excluding hydrogens is 404 g/mol. The Morgan fingerprint density at radius 3 is 2.57 bits per heavy atom. The van der Waals surface area contributed by atoms with Gasteiger partial charge in [-0.2, -0.15) is 4.31 Å². The fraction of sp³-hybridized carbons (Fsp3) is 0.381. The van der Waals surface area contributed by atoms with Crippen LogP contribution in [0.15, 0.2) is 53.7 Å². The number of rotatable bonds is 5. The normalized spacial score (nSPS) is 20.3. The molecule has 0 saturated carbocycles. The minimum absolute atomic E-state index is 0.0594. The van der Waals surface area contributed by atoms with E-state index in [0.717, 1.165) is 6.42 Å². The number of carbonyl (C=O) groups excluding carboxylic acids is 2. The Labute approximate surface area is 175 Å². The molecule has 1 atom stereocenters. The number of pyridine rings is 1. The van der Waals surface area contributed by atoms with Gasteiger partial charge in [-0.3, -0.25) is 14.6 Å². The fourth-order valence-corrected chi connectivity index (χ4v) is 5.45. The van der Waals surface area contributed by atoms with E-state index in [1.165, 1.54) is 16.4 Å². The summed E-state index contributed by atoms with van der Waals surface area (Å²) >= 11 is 0. The third-order valence-electron chi connectivity index (χ3n) is 5.54. The zero-order valence-corrected chi connectivity index (χ0v) is 17.3. The first-order chi connectivity index (χ1) is 14.4. The van der Waals surface area contributed by atoms with Gasteiger partial charge in [0.25, 0.3) is 0 Å². The van der Waals surface area contributed by atoms with Crippen LogP contribution in [-0.4, -0.2) is 49.2 Å². The van der Waals surface area contributed by atoms with Gasteiger partial charge >= 0.3 is 0 Å². The molecule has 4 rings (SSSR count). The van der Waals surface area contributed by atoms with Gasteiger partial charge in [0.1, 0.15) is 0 Å². The minimum atomic E-state index is -3.72. The molecule has 1 N–H and O–H groups in total. The Morgan fingerprint density at radius 1 is 1.10 bits per heavy atom. The second kappa shape index (κ2) is 8.53. The van der Waals surface area contributed by atoms with Crippen molar-refractivity contribution in [1.82, 2.24) is 9.29 Å². The lowest BCUT2D eigenvalue weighted by Gasteiger charge is -2.31. The van der Waals surface area contributed by atoms with Gasteiger partial charge in [0.15, 0.2) is 0 Å². The molecule has 9 heteroatoms. The highest BCUT2D eigenvalue weighted by Gasteiger charge is 2.33. The fourth-order valence-electron chi connectivity index (χ4n) is 3.92. The van der Waals surface area contributed by atoms with Crippen molar-refractivity contribution in [3.05, 3.63) is 48.8 Å². The SMILES string of the molecule is O=C(Nc1cccnc1)[C@@H]1CCCN(S(=O)(=O)c2ccc(N3CCCC3=O)cc2)C1. The molecule has 2 aliphatic heterocycles. The average Bonchev–Trinajstić information content (AvgIpc) is 3.20. The summed E-state index contributed by atoms with van der Waals surface area (Å²) in [4.78, 5) is 30.3. The predicted molar refractivity (Wildman–Crippen MR) is 112 cm³/mol. The van der Waals surface area contributed by atoms with Gasteiger partial charge < -0.3 is 10.2 Å². The molecule has 2 aliphatic rings.